The fraction of sp³-hybridized carbons (Fsp3) is 0.238. The van der Waals surface area contributed by atoms with E-state index >= 15 is 0 Å². The smallest absolute Gasteiger partial charge is 0.331 e. The van der Waals surface area contributed by atoms with Gasteiger partial charge in [-0.3, -0.25) is 4.79 Å². The van der Waals surface area contributed by atoms with Gasteiger partial charge in [0.2, 0.25) is 0 Å². The number of nitrogens with one attached hydrogen (secondary N) is 1. The molecule has 0 aliphatic rings. The lowest BCUT2D eigenvalue weighted by atomic mass is 10.0. The van der Waals surface area contributed by atoms with E-state index in [4.69, 9.17) is 4.74 Å². The summed E-state index contributed by atoms with van der Waals surface area (Å²) in [7, 11) is 0. The predicted molar refractivity (Wildman–Crippen MR) is 100 cm³/mol. The van der Waals surface area contributed by atoms with Crippen molar-refractivity contribution in [2.45, 2.75) is 33.8 Å². The van der Waals surface area contributed by atoms with Gasteiger partial charge in [-0.2, -0.15) is 0 Å². The van der Waals surface area contributed by atoms with Crippen LogP contribution >= 0.6 is 0 Å². The summed E-state index contributed by atoms with van der Waals surface area (Å²) in [5, 5.41) is 2.79. The number of rotatable bonds is 5. The molecule has 0 fully saturated rings. The fourth-order valence-corrected chi connectivity index (χ4v) is 2.64. The first-order valence-corrected chi connectivity index (χ1v) is 8.30. The van der Waals surface area contributed by atoms with Crippen molar-refractivity contribution in [2.24, 2.45) is 0 Å². The molecule has 1 amide bonds. The highest BCUT2D eigenvalue weighted by molar-refractivity contribution is 5.97. The minimum Gasteiger partial charge on any atom is -0.449 e. The van der Waals surface area contributed by atoms with Crippen LogP contribution in [0.3, 0.4) is 0 Å². The molecule has 0 spiro atoms. The lowest BCUT2D eigenvalue weighted by Crippen LogP contribution is -2.30. The van der Waals surface area contributed by atoms with Gasteiger partial charge in [-0.25, -0.2) is 9.18 Å². The molecule has 1 N–H and O–H groups in total. The van der Waals surface area contributed by atoms with Gasteiger partial charge in [-0.15, -0.1) is 0 Å². The Balaban J connectivity index is 1.99. The molecule has 0 radical (unpaired) electrons. The van der Waals surface area contributed by atoms with Crippen LogP contribution in [0.4, 0.5) is 10.1 Å². The zero-order valence-corrected chi connectivity index (χ0v) is 15.3. The van der Waals surface area contributed by atoms with Crippen LogP contribution in [0.5, 0.6) is 0 Å². The standard InChI is InChI=1S/C21H22FNO3/c1-13-11-14(2)20(15(3)12-13)23-21(25)16(4)26-19(24)10-9-17-7-5-6-8-18(17)22/h5-12,16H,1-4H3,(H,23,25)/b10-9+/t16-/m0/s1. The Morgan fingerprint density at radius 3 is 2.35 bits per heavy atom. The van der Waals surface area contributed by atoms with E-state index in [-0.39, 0.29) is 5.56 Å². The third-order valence-electron chi connectivity index (χ3n) is 3.89. The second-order valence-electron chi connectivity index (χ2n) is 6.20. The second-order valence-corrected chi connectivity index (χ2v) is 6.20. The van der Waals surface area contributed by atoms with E-state index < -0.39 is 23.8 Å². The van der Waals surface area contributed by atoms with E-state index in [9.17, 15) is 14.0 Å². The van der Waals surface area contributed by atoms with Crippen LogP contribution in [-0.4, -0.2) is 18.0 Å². The number of hydrogen-bond donors (Lipinski definition) is 1. The Hall–Kier alpha value is -2.95. The SMILES string of the molecule is Cc1cc(C)c(NC(=O)[C@H](C)OC(=O)/C=C/c2ccccc2F)c(C)c1. The number of aryl methyl sites for hydroxylation is 3. The first-order valence-electron chi connectivity index (χ1n) is 8.30. The molecule has 0 aliphatic carbocycles. The number of esters is 1. The molecule has 2 aromatic carbocycles. The highest BCUT2D eigenvalue weighted by atomic mass is 19.1. The molecule has 2 aromatic rings. The Morgan fingerprint density at radius 2 is 1.73 bits per heavy atom. The maximum Gasteiger partial charge on any atom is 0.331 e. The second kappa shape index (κ2) is 8.43. The highest BCUT2D eigenvalue weighted by Gasteiger charge is 2.18. The van der Waals surface area contributed by atoms with Gasteiger partial charge in [0.1, 0.15) is 5.82 Å². The zero-order valence-electron chi connectivity index (χ0n) is 15.3. The van der Waals surface area contributed by atoms with E-state index in [1.165, 1.54) is 25.1 Å². The predicted octanol–water partition coefficient (Wildman–Crippen LogP) is 4.33. The minimum absolute atomic E-state index is 0.271. The Morgan fingerprint density at radius 1 is 1.12 bits per heavy atom. The van der Waals surface area contributed by atoms with Gasteiger partial charge in [0.25, 0.3) is 5.91 Å². The van der Waals surface area contributed by atoms with Crippen molar-refractivity contribution < 1.29 is 18.7 Å². The van der Waals surface area contributed by atoms with E-state index in [1.54, 1.807) is 12.1 Å². The van der Waals surface area contributed by atoms with Crippen molar-refractivity contribution in [3.63, 3.8) is 0 Å². The molecule has 0 saturated heterocycles. The Bertz CT molecular complexity index is 835. The van der Waals surface area contributed by atoms with Gasteiger partial charge in [0, 0.05) is 17.3 Å². The van der Waals surface area contributed by atoms with Gasteiger partial charge in [-0.05, 0) is 51.0 Å². The summed E-state index contributed by atoms with van der Waals surface area (Å²) in [6, 6.07) is 10.0. The Labute approximate surface area is 152 Å². The molecule has 0 saturated carbocycles. The maximum absolute atomic E-state index is 13.5. The molecule has 5 heteroatoms. The molecule has 0 unspecified atom stereocenters. The molecule has 4 nitrogen and oxygen atoms in total. The number of carbonyl (C=O) groups is 2. The molecular formula is C21H22FNO3. The first-order chi connectivity index (χ1) is 12.3. The fourth-order valence-electron chi connectivity index (χ4n) is 2.64. The third kappa shape index (κ3) is 5.02. The molecule has 0 aromatic heterocycles. The van der Waals surface area contributed by atoms with Crippen molar-refractivity contribution in [1.82, 2.24) is 0 Å². The van der Waals surface area contributed by atoms with Crippen LogP contribution < -0.4 is 5.32 Å². The van der Waals surface area contributed by atoms with Crippen LogP contribution in [0.2, 0.25) is 0 Å². The monoisotopic (exact) mass is 355 g/mol. The summed E-state index contributed by atoms with van der Waals surface area (Å²) < 4.78 is 18.6. The number of anilines is 1. The molecule has 0 heterocycles. The van der Waals surface area contributed by atoms with Crippen molar-refractivity contribution >= 4 is 23.6 Å². The average molecular weight is 355 g/mol. The summed E-state index contributed by atoms with van der Waals surface area (Å²) >= 11 is 0. The molecule has 1 atom stereocenters. The average Bonchev–Trinajstić information content (AvgIpc) is 2.57. The summed E-state index contributed by atoms with van der Waals surface area (Å²) in [5.41, 5.74) is 3.97. The minimum atomic E-state index is -0.979. The van der Waals surface area contributed by atoms with E-state index in [0.29, 0.717) is 5.69 Å². The van der Waals surface area contributed by atoms with E-state index in [1.807, 2.05) is 32.9 Å². The van der Waals surface area contributed by atoms with Gasteiger partial charge in [0.15, 0.2) is 6.10 Å². The summed E-state index contributed by atoms with van der Waals surface area (Å²) in [5.74, 6) is -1.58. The van der Waals surface area contributed by atoms with Gasteiger partial charge in [0.05, 0.1) is 0 Å². The van der Waals surface area contributed by atoms with Gasteiger partial charge in [-0.1, -0.05) is 35.9 Å². The van der Waals surface area contributed by atoms with Crippen molar-refractivity contribution in [3.8, 4) is 0 Å². The molecule has 26 heavy (non-hydrogen) atoms. The molecule has 2 rings (SSSR count). The number of halogens is 1. The van der Waals surface area contributed by atoms with Crippen LogP contribution in [0.1, 0.15) is 29.2 Å². The van der Waals surface area contributed by atoms with Crippen LogP contribution in [-0.2, 0) is 14.3 Å². The quantitative estimate of drug-likeness (QED) is 0.641. The normalized spacial score (nSPS) is 12.0. The largest absolute Gasteiger partial charge is 0.449 e. The highest BCUT2D eigenvalue weighted by Crippen LogP contribution is 2.22. The van der Waals surface area contributed by atoms with Gasteiger partial charge < -0.3 is 10.1 Å². The number of hydrogen-bond acceptors (Lipinski definition) is 3. The number of benzene rings is 2. The summed E-state index contributed by atoms with van der Waals surface area (Å²) in [6.07, 6.45) is 1.44. The van der Waals surface area contributed by atoms with Gasteiger partial charge >= 0.3 is 5.97 Å². The lowest BCUT2D eigenvalue weighted by Gasteiger charge is -2.16. The van der Waals surface area contributed by atoms with Crippen molar-refractivity contribution in [1.29, 1.82) is 0 Å². The Kier molecular flexibility index (Phi) is 6.28. The van der Waals surface area contributed by atoms with Crippen molar-refractivity contribution in [2.75, 3.05) is 5.32 Å². The van der Waals surface area contributed by atoms with E-state index in [0.717, 1.165) is 22.8 Å². The topological polar surface area (TPSA) is 55.4 Å². The zero-order chi connectivity index (χ0) is 19.3. The molecule has 0 aliphatic heterocycles. The number of carbonyl (C=O) groups excluding carboxylic acids is 2. The first kappa shape index (κ1) is 19.4. The van der Waals surface area contributed by atoms with Crippen LogP contribution in [0, 0.1) is 26.6 Å². The summed E-state index contributed by atoms with van der Waals surface area (Å²) in [6.45, 7) is 7.29. The van der Waals surface area contributed by atoms with Crippen molar-refractivity contribution in [3.05, 3.63) is 70.5 Å². The third-order valence-corrected chi connectivity index (χ3v) is 3.89. The molecule has 0 bridgehead atoms. The van der Waals surface area contributed by atoms with Crippen LogP contribution in [0.15, 0.2) is 42.5 Å². The number of amides is 1. The molecule has 136 valence electrons. The van der Waals surface area contributed by atoms with E-state index in [2.05, 4.69) is 5.32 Å². The lowest BCUT2D eigenvalue weighted by molar-refractivity contribution is -0.148. The number of ether oxygens (including phenoxy) is 1. The molecular weight excluding hydrogens is 333 g/mol. The maximum atomic E-state index is 13.5. The summed E-state index contributed by atoms with van der Waals surface area (Å²) in [4.78, 5) is 24.2. The van der Waals surface area contributed by atoms with Crippen LogP contribution in [0.25, 0.3) is 6.08 Å².